The van der Waals surface area contributed by atoms with E-state index in [1.807, 2.05) is 18.2 Å². The third kappa shape index (κ3) is 4.94. The minimum atomic E-state index is -3.18. The molecular weight excluding hydrogens is 474 g/mol. The number of rotatable bonds is 8. The average Bonchev–Trinajstić information content (AvgIpc) is 3.24. The Bertz CT molecular complexity index is 1440. The summed E-state index contributed by atoms with van der Waals surface area (Å²) in [6, 6.07) is 8.29. The molecule has 1 aliphatic carbocycles. The topological polar surface area (TPSA) is 130 Å². The molecule has 2 aliphatic rings. The van der Waals surface area contributed by atoms with E-state index in [9.17, 15) is 13.2 Å². The van der Waals surface area contributed by atoms with E-state index in [-0.39, 0.29) is 24.5 Å². The Balaban J connectivity index is 1.25. The second-order valence-electron chi connectivity index (χ2n) is 8.94. The first-order chi connectivity index (χ1) is 16.2. The molecule has 2 aromatic heterocycles. The molecule has 0 N–H and O–H groups in total. The minimum Gasteiger partial charge on any atom is -0.424 e. The Morgan fingerprint density at radius 3 is 2.76 bits per heavy atom. The number of ketones is 1. The average molecular weight is 498 g/mol. The monoisotopic (exact) mass is 497 g/mol. The maximum Gasteiger partial charge on any atom is 0.223 e. The minimum absolute atomic E-state index is 0.0471. The van der Waals surface area contributed by atoms with Crippen LogP contribution in [0.25, 0.3) is 15.8 Å². The number of thiazole rings is 1. The summed E-state index contributed by atoms with van der Waals surface area (Å²) in [4.78, 5) is 16.9. The fourth-order valence-electron chi connectivity index (χ4n) is 4.11. The Labute approximate surface area is 201 Å². The summed E-state index contributed by atoms with van der Waals surface area (Å²) in [6.07, 6.45) is 6.10. The summed E-state index contributed by atoms with van der Waals surface area (Å²) in [6.45, 7) is 0.871. The lowest BCUT2D eigenvalue weighted by Crippen LogP contribution is -2.33. The lowest BCUT2D eigenvalue weighted by Gasteiger charge is -2.24. The Morgan fingerprint density at radius 1 is 1.29 bits per heavy atom. The van der Waals surface area contributed by atoms with Gasteiger partial charge in [-0.2, -0.15) is 9.57 Å². The van der Waals surface area contributed by atoms with Gasteiger partial charge in [0.15, 0.2) is 0 Å². The maximum absolute atomic E-state index is 12.2. The van der Waals surface area contributed by atoms with Gasteiger partial charge in [-0.15, -0.1) is 21.5 Å². The SMILES string of the molecule is CS(=O)(=O)N1CC=C(c2ccc3nc(Cc4nnc(CC(=O)CC5(C#N)CC5)o4)sc3c2)CC1. The molecule has 0 unspecified atom stereocenters. The van der Waals surface area contributed by atoms with Crippen molar-refractivity contribution in [3.8, 4) is 6.07 Å². The second-order valence-corrected chi connectivity index (χ2v) is 12.0. The van der Waals surface area contributed by atoms with Crippen LogP contribution >= 0.6 is 11.3 Å². The van der Waals surface area contributed by atoms with Crippen molar-refractivity contribution in [3.63, 3.8) is 0 Å². The van der Waals surface area contributed by atoms with Gasteiger partial charge in [0.05, 0.1) is 40.8 Å². The molecule has 1 aliphatic heterocycles. The number of Topliss-reactive ketones (excluding diaryl/α,β-unsaturated/α-hetero) is 1. The van der Waals surface area contributed by atoms with Crippen LogP contribution in [0.4, 0.5) is 0 Å². The van der Waals surface area contributed by atoms with Crippen LogP contribution in [0.1, 0.15) is 48.0 Å². The first-order valence-electron chi connectivity index (χ1n) is 11.0. The Kier molecular flexibility index (Phi) is 5.83. The predicted molar refractivity (Wildman–Crippen MR) is 126 cm³/mol. The zero-order valence-electron chi connectivity index (χ0n) is 18.7. The summed E-state index contributed by atoms with van der Waals surface area (Å²) in [5.74, 6) is 0.613. The summed E-state index contributed by atoms with van der Waals surface area (Å²) >= 11 is 1.54. The van der Waals surface area contributed by atoms with Crippen molar-refractivity contribution in [2.24, 2.45) is 5.41 Å². The normalized spacial score (nSPS) is 17.9. The van der Waals surface area contributed by atoms with Gasteiger partial charge in [0.2, 0.25) is 21.8 Å². The van der Waals surface area contributed by atoms with Crippen molar-refractivity contribution in [1.29, 1.82) is 5.26 Å². The summed E-state index contributed by atoms with van der Waals surface area (Å²) in [7, 11) is -3.18. The number of benzene rings is 1. The molecule has 9 nitrogen and oxygen atoms in total. The maximum atomic E-state index is 12.2. The van der Waals surface area contributed by atoms with Crippen molar-refractivity contribution in [3.05, 3.63) is 46.6 Å². The Hall–Kier alpha value is -2.94. The molecule has 3 heterocycles. The van der Waals surface area contributed by atoms with Crippen LogP contribution in [-0.2, 0) is 27.7 Å². The van der Waals surface area contributed by atoms with Crippen LogP contribution in [0.15, 0.2) is 28.7 Å². The number of sulfonamides is 1. The lowest BCUT2D eigenvalue weighted by atomic mass is 10.00. The van der Waals surface area contributed by atoms with Gasteiger partial charge < -0.3 is 4.42 Å². The molecule has 0 bridgehead atoms. The quantitative estimate of drug-likeness (QED) is 0.464. The summed E-state index contributed by atoms with van der Waals surface area (Å²) in [5.41, 5.74) is 2.60. The third-order valence-electron chi connectivity index (χ3n) is 6.23. The van der Waals surface area contributed by atoms with Crippen molar-refractivity contribution in [2.45, 2.75) is 38.5 Å². The summed E-state index contributed by atoms with van der Waals surface area (Å²) in [5, 5.41) is 18.0. The van der Waals surface area contributed by atoms with E-state index in [1.165, 1.54) is 10.6 Å². The zero-order chi connectivity index (χ0) is 23.9. The molecule has 1 saturated carbocycles. The highest BCUT2D eigenvalue weighted by atomic mass is 32.2. The number of aromatic nitrogens is 3. The number of nitrogens with zero attached hydrogens (tertiary/aromatic N) is 5. The molecule has 34 heavy (non-hydrogen) atoms. The molecule has 176 valence electrons. The highest BCUT2D eigenvalue weighted by molar-refractivity contribution is 7.88. The highest BCUT2D eigenvalue weighted by Crippen LogP contribution is 2.48. The number of nitriles is 1. The number of hydrogen-bond acceptors (Lipinski definition) is 9. The number of carbonyl (C=O) groups is 1. The van der Waals surface area contributed by atoms with E-state index in [2.05, 4.69) is 27.3 Å². The van der Waals surface area contributed by atoms with Gasteiger partial charge in [-0.3, -0.25) is 4.79 Å². The van der Waals surface area contributed by atoms with Gasteiger partial charge in [-0.25, -0.2) is 13.4 Å². The van der Waals surface area contributed by atoms with Crippen LogP contribution in [0.2, 0.25) is 0 Å². The van der Waals surface area contributed by atoms with Crippen molar-refractivity contribution in [1.82, 2.24) is 19.5 Å². The molecule has 5 rings (SSSR count). The van der Waals surface area contributed by atoms with E-state index >= 15 is 0 Å². The van der Waals surface area contributed by atoms with Gasteiger partial charge >= 0.3 is 0 Å². The predicted octanol–water partition coefficient (Wildman–Crippen LogP) is 3.12. The van der Waals surface area contributed by atoms with E-state index in [1.54, 1.807) is 11.3 Å². The van der Waals surface area contributed by atoms with Crippen LogP contribution in [0.5, 0.6) is 0 Å². The van der Waals surface area contributed by atoms with Gasteiger partial charge in [0.1, 0.15) is 10.8 Å². The molecule has 0 saturated heterocycles. The zero-order valence-corrected chi connectivity index (χ0v) is 20.3. The molecular formula is C23H23N5O4S2. The molecule has 0 radical (unpaired) electrons. The van der Waals surface area contributed by atoms with Gasteiger partial charge in [-0.1, -0.05) is 12.1 Å². The second kappa shape index (κ2) is 8.69. The first kappa shape index (κ1) is 22.8. The van der Waals surface area contributed by atoms with E-state index in [0.717, 1.165) is 39.2 Å². The largest absolute Gasteiger partial charge is 0.424 e. The fourth-order valence-corrected chi connectivity index (χ4v) is 5.88. The lowest BCUT2D eigenvalue weighted by molar-refractivity contribution is -0.119. The first-order valence-corrected chi connectivity index (χ1v) is 13.7. The number of carbonyl (C=O) groups excluding carboxylic acids is 1. The smallest absolute Gasteiger partial charge is 0.223 e. The fraction of sp³-hybridized carbons (Fsp3) is 0.435. The van der Waals surface area contributed by atoms with Crippen molar-refractivity contribution < 1.29 is 17.6 Å². The summed E-state index contributed by atoms with van der Waals surface area (Å²) < 4.78 is 31.6. The number of fused-ring (bicyclic) bond motifs is 1. The van der Waals surface area contributed by atoms with Gasteiger partial charge in [-0.05, 0) is 42.5 Å². The molecule has 0 amide bonds. The van der Waals surface area contributed by atoms with Gasteiger partial charge in [0.25, 0.3) is 0 Å². The highest BCUT2D eigenvalue weighted by Gasteiger charge is 2.44. The molecule has 3 aromatic rings. The van der Waals surface area contributed by atoms with Gasteiger partial charge in [0, 0.05) is 19.5 Å². The van der Waals surface area contributed by atoms with Crippen LogP contribution < -0.4 is 0 Å². The molecule has 0 spiro atoms. The Morgan fingerprint density at radius 2 is 2.09 bits per heavy atom. The molecule has 1 aromatic carbocycles. The van der Waals surface area contributed by atoms with Crippen LogP contribution in [0, 0.1) is 16.7 Å². The number of hydrogen-bond donors (Lipinski definition) is 0. The van der Waals surface area contributed by atoms with E-state index in [4.69, 9.17) is 9.68 Å². The molecule has 11 heteroatoms. The van der Waals surface area contributed by atoms with E-state index in [0.29, 0.717) is 31.8 Å². The van der Waals surface area contributed by atoms with Crippen molar-refractivity contribution in [2.75, 3.05) is 19.3 Å². The standard InChI is InChI=1S/C23H23N5O4S2/c1-34(30,31)28-8-4-15(5-9-28)16-2-3-18-19(10-16)33-22(25-18)12-21-27-26-20(32-21)11-17(29)13-23(14-24)6-7-23/h2-4,10H,5-9,11-13H2,1H3. The molecule has 1 fully saturated rings. The van der Waals surface area contributed by atoms with Crippen molar-refractivity contribution >= 4 is 42.9 Å². The third-order valence-corrected chi connectivity index (χ3v) is 8.52. The van der Waals surface area contributed by atoms with E-state index < -0.39 is 15.4 Å². The molecule has 0 atom stereocenters. The van der Waals surface area contributed by atoms with Crippen LogP contribution in [-0.4, -0.2) is 53.0 Å². The van der Waals surface area contributed by atoms with Crippen LogP contribution in [0.3, 0.4) is 0 Å².